The van der Waals surface area contributed by atoms with E-state index in [9.17, 15) is 18.4 Å². The number of benzene rings is 1. The molecular formula is C19H21F2N3O2. The highest BCUT2D eigenvalue weighted by Crippen LogP contribution is 2.22. The average Bonchev–Trinajstić information content (AvgIpc) is 2.61. The molecule has 1 fully saturated rings. The number of halogens is 2. The molecule has 1 aliphatic rings. The van der Waals surface area contributed by atoms with Crippen LogP contribution in [0.25, 0.3) is 0 Å². The van der Waals surface area contributed by atoms with Crippen LogP contribution < -0.4 is 10.5 Å². The van der Waals surface area contributed by atoms with Crippen molar-refractivity contribution in [3.8, 4) is 0 Å². The number of aromatic nitrogens is 1. The molecule has 3 rings (SSSR count). The van der Waals surface area contributed by atoms with Crippen molar-refractivity contribution in [3.05, 3.63) is 63.6 Å². The van der Waals surface area contributed by atoms with Crippen LogP contribution in [0.3, 0.4) is 0 Å². The molecule has 1 aromatic heterocycles. The van der Waals surface area contributed by atoms with Crippen LogP contribution in [-0.2, 0) is 6.42 Å². The number of pyridine rings is 1. The van der Waals surface area contributed by atoms with E-state index in [4.69, 9.17) is 0 Å². The molecule has 0 spiro atoms. The Balaban J connectivity index is 1.70. The first-order valence-corrected chi connectivity index (χ1v) is 8.70. The van der Waals surface area contributed by atoms with Crippen molar-refractivity contribution in [3.63, 3.8) is 0 Å². The minimum atomic E-state index is -0.614. The van der Waals surface area contributed by atoms with Gasteiger partial charge in [-0.1, -0.05) is 13.3 Å². The number of aromatic amines is 1. The molecule has 138 valence electrons. The second kappa shape index (κ2) is 7.68. The fraction of sp³-hybridized carbons (Fsp3) is 0.368. The maximum absolute atomic E-state index is 13.9. The highest BCUT2D eigenvalue weighted by molar-refractivity contribution is 5.94. The van der Waals surface area contributed by atoms with Crippen molar-refractivity contribution >= 4 is 11.6 Å². The Morgan fingerprint density at radius 3 is 2.50 bits per heavy atom. The van der Waals surface area contributed by atoms with Crippen LogP contribution in [0.5, 0.6) is 0 Å². The lowest BCUT2D eigenvalue weighted by Crippen LogP contribution is -2.49. The van der Waals surface area contributed by atoms with Crippen LogP contribution in [-0.4, -0.2) is 42.0 Å². The molecule has 0 atom stereocenters. The fourth-order valence-electron chi connectivity index (χ4n) is 3.20. The Morgan fingerprint density at radius 1 is 1.12 bits per heavy atom. The summed E-state index contributed by atoms with van der Waals surface area (Å²) in [5.41, 5.74) is 1.17. The van der Waals surface area contributed by atoms with Crippen LogP contribution in [0.4, 0.5) is 14.5 Å². The number of nitrogens with one attached hydrogen (secondary N) is 1. The van der Waals surface area contributed by atoms with Gasteiger partial charge in [-0.3, -0.25) is 9.59 Å². The van der Waals surface area contributed by atoms with Gasteiger partial charge < -0.3 is 14.8 Å². The zero-order valence-corrected chi connectivity index (χ0v) is 14.6. The standard InChI is InChI=1S/C19H21F2N3O2/c1-2-3-15-10-13(11-18(25)22-15)19(26)24-8-6-23(7-9-24)17-5-4-14(20)12-16(17)21/h4-5,10-12H,2-3,6-9H2,1H3,(H,22,25). The number of H-pyrrole nitrogens is 1. The molecule has 0 bridgehead atoms. The molecule has 0 saturated carbocycles. The van der Waals surface area contributed by atoms with E-state index in [-0.39, 0.29) is 11.5 Å². The highest BCUT2D eigenvalue weighted by atomic mass is 19.1. The first-order chi connectivity index (χ1) is 12.5. The van der Waals surface area contributed by atoms with E-state index in [2.05, 4.69) is 4.98 Å². The third-order valence-electron chi connectivity index (χ3n) is 4.48. The van der Waals surface area contributed by atoms with Crippen molar-refractivity contribution < 1.29 is 13.6 Å². The molecule has 2 heterocycles. The van der Waals surface area contributed by atoms with Crippen molar-refractivity contribution in [2.24, 2.45) is 0 Å². The van der Waals surface area contributed by atoms with Gasteiger partial charge in [0.25, 0.3) is 5.91 Å². The summed E-state index contributed by atoms with van der Waals surface area (Å²) in [7, 11) is 0. The third kappa shape index (κ3) is 3.92. The SMILES string of the molecule is CCCc1cc(C(=O)N2CCN(c3ccc(F)cc3F)CC2)cc(=O)[nH]1. The minimum absolute atomic E-state index is 0.201. The van der Waals surface area contributed by atoms with Gasteiger partial charge in [-0.2, -0.15) is 0 Å². The Bertz CT molecular complexity index is 858. The number of nitrogens with zero attached hydrogens (tertiary/aromatic N) is 2. The van der Waals surface area contributed by atoms with Gasteiger partial charge in [0.2, 0.25) is 5.56 Å². The van der Waals surface area contributed by atoms with Gasteiger partial charge in [0.05, 0.1) is 5.69 Å². The van der Waals surface area contributed by atoms with Crippen LogP contribution in [0.2, 0.25) is 0 Å². The van der Waals surface area contributed by atoms with Crippen molar-refractivity contribution in [2.45, 2.75) is 19.8 Å². The van der Waals surface area contributed by atoms with Gasteiger partial charge >= 0.3 is 0 Å². The molecule has 1 aliphatic heterocycles. The fourth-order valence-corrected chi connectivity index (χ4v) is 3.20. The predicted molar refractivity (Wildman–Crippen MR) is 95.5 cm³/mol. The number of rotatable bonds is 4. The molecule has 0 aliphatic carbocycles. The summed E-state index contributed by atoms with van der Waals surface area (Å²) in [6.07, 6.45) is 1.57. The molecule has 5 nitrogen and oxygen atoms in total. The average molecular weight is 361 g/mol. The molecule has 1 N–H and O–H groups in total. The zero-order valence-electron chi connectivity index (χ0n) is 14.6. The first-order valence-electron chi connectivity index (χ1n) is 8.70. The molecule has 0 unspecified atom stereocenters. The van der Waals surface area contributed by atoms with Crippen molar-refractivity contribution in [1.29, 1.82) is 0 Å². The second-order valence-corrected chi connectivity index (χ2v) is 6.38. The summed E-state index contributed by atoms with van der Waals surface area (Å²) in [6.45, 7) is 3.70. The number of amides is 1. The number of anilines is 1. The van der Waals surface area contributed by atoms with Gasteiger partial charge in [0, 0.05) is 49.6 Å². The number of hydrogen-bond donors (Lipinski definition) is 1. The van der Waals surface area contributed by atoms with Gasteiger partial charge in [-0.05, 0) is 24.6 Å². The van der Waals surface area contributed by atoms with Gasteiger partial charge in [0.1, 0.15) is 11.6 Å². The zero-order chi connectivity index (χ0) is 18.7. The minimum Gasteiger partial charge on any atom is -0.366 e. The summed E-state index contributed by atoms with van der Waals surface area (Å²) in [4.78, 5) is 30.6. The van der Waals surface area contributed by atoms with E-state index < -0.39 is 11.6 Å². The number of piperazine rings is 1. The van der Waals surface area contributed by atoms with Crippen molar-refractivity contribution in [2.75, 3.05) is 31.1 Å². The van der Waals surface area contributed by atoms with E-state index in [1.807, 2.05) is 6.92 Å². The van der Waals surface area contributed by atoms with Gasteiger partial charge in [-0.25, -0.2) is 8.78 Å². The van der Waals surface area contributed by atoms with Crippen LogP contribution in [0.15, 0.2) is 35.1 Å². The summed E-state index contributed by atoms with van der Waals surface area (Å²) in [6, 6.07) is 6.53. The maximum Gasteiger partial charge on any atom is 0.254 e. The Hall–Kier alpha value is -2.70. The second-order valence-electron chi connectivity index (χ2n) is 6.38. The normalized spacial score (nSPS) is 14.6. The molecule has 1 amide bonds. The molecule has 7 heteroatoms. The monoisotopic (exact) mass is 361 g/mol. The lowest BCUT2D eigenvalue weighted by Gasteiger charge is -2.36. The summed E-state index contributed by atoms with van der Waals surface area (Å²) >= 11 is 0. The van der Waals surface area contributed by atoms with Gasteiger partial charge in [-0.15, -0.1) is 0 Å². The molecule has 2 aromatic rings. The third-order valence-corrected chi connectivity index (χ3v) is 4.48. The van der Waals surface area contributed by atoms with Crippen molar-refractivity contribution in [1.82, 2.24) is 9.88 Å². The van der Waals surface area contributed by atoms with Crippen LogP contribution in [0, 0.1) is 11.6 Å². The summed E-state index contributed by atoms with van der Waals surface area (Å²) in [5, 5.41) is 0. The quantitative estimate of drug-likeness (QED) is 0.911. The van der Waals surface area contributed by atoms with E-state index in [0.717, 1.165) is 18.2 Å². The topological polar surface area (TPSA) is 56.4 Å². The lowest BCUT2D eigenvalue weighted by atomic mass is 10.1. The molecular weight excluding hydrogens is 340 g/mol. The first kappa shape index (κ1) is 18.1. The number of hydrogen-bond acceptors (Lipinski definition) is 3. The van der Waals surface area contributed by atoms with E-state index in [0.29, 0.717) is 43.9 Å². The smallest absolute Gasteiger partial charge is 0.254 e. The molecule has 1 aromatic carbocycles. The summed E-state index contributed by atoms with van der Waals surface area (Å²) in [5.74, 6) is -1.42. The Kier molecular flexibility index (Phi) is 5.35. The maximum atomic E-state index is 13.9. The Morgan fingerprint density at radius 2 is 1.85 bits per heavy atom. The van der Waals surface area contributed by atoms with E-state index in [1.165, 1.54) is 18.2 Å². The lowest BCUT2D eigenvalue weighted by molar-refractivity contribution is 0.0746. The van der Waals surface area contributed by atoms with E-state index >= 15 is 0 Å². The largest absolute Gasteiger partial charge is 0.366 e. The molecule has 0 radical (unpaired) electrons. The molecule has 26 heavy (non-hydrogen) atoms. The number of carbonyl (C=O) groups is 1. The van der Waals surface area contributed by atoms with Gasteiger partial charge in [0.15, 0.2) is 0 Å². The van der Waals surface area contributed by atoms with E-state index in [1.54, 1.807) is 15.9 Å². The Labute approximate surface area is 150 Å². The number of aryl methyl sites for hydroxylation is 1. The predicted octanol–water partition coefficient (Wildman–Crippen LogP) is 2.57. The summed E-state index contributed by atoms with van der Waals surface area (Å²) < 4.78 is 27.0. The number of carbonyl (C=O) groups excluding carboxylic acids is 1. The van der Waals surface area contributed by atoms with Crippen LogP contribution in [0.1, 0.15) is 29.4 Å². The molecule has 1 saturated heterocycles. The highest BCUT2D eigenvalue weighted by Gasteiger charge is 2.24. The van der Waals surface area contributed by atoms with Crippen LogP contribution >= 0.6 is 0 Å².